The number of rotatable bonds is 7. The molecule has 0 radical (unpaired) electrons. The molecule has 2 rings (SSSR count). The number of aromatic nitrogens is 2. The number of anilines is 1. The van der Waals surface area contributed by atoms with Gasteiger partial charge in [-0.05, 0) is 25.7 Å². The van der Waals surface area contributed by atoms with Crippen LogP contribution in [0, 0.1) is 0 Å². The van der Waals surface area contributed by atoms with Crippen molar-refractivity contribution in [1.29, 1.82) is 0 Å². The predicted octanol–water partition coefficient (Wildman–Crippen LogP) is 4.04. The quantitative estimate of drug-likeness (QED) is 0.817. The third kappa shape index (κ3) is 4.68. The van der Waals surface area contributed by atoms with Gasteiger partial charge in [0, 0.05) is 23.6 Å². The number of nitrogens with zero attached hydrogens (tertiary/aromatic N) is 2. The highest BCUT2D eigenvalue weighted by Gasteiger charge is 2.16. The zero-order valence-electron chi connectivity index (χ0n) is 12.1. The summed E-state index contributed by atoms with van der Waals surface area (Å²) >= 11 is 2.04. The third-order valence-corrected chi connectivity index (χ3v) is 4.86. The summed E-state index contributed by atoms with van der Waals surface area (Å²) in [6, 6.07) is 2.08. The maximum Gasteiger partial charge on any atom is 0.140 e. The van der Waals surface area contributed by atoms with E-state index < -0.39 is 0 Å². The summed E-state index contributed by atoms with van der Waals surface area (Å²) < 4.78 is 0. The maximum absolute atomic E-state index is 4.65. The molecule has 1 heterocycles. The Balaban J connectivity index is 1.96. The Kier molecular flexibility index (Phi) is 5.95. The van der Waals surface area contributed by atoms with Gasteiger partial charge in [0.2, 0.25) is 0 Å². The van der Waals surface area contributed by atoms with E-state index in [2.05, 4.69) is 35.2 Å². The molecule has 1 aliphatic carbocycles. The van der Waals surface area contributed by atoms with Crippen LogP contribution < -0.4 is 5.32 Å². The Morgan fingerprint density at radius 3 is 2.74 bits per heavy atom. The van der Waals surface area contributed by atoms with Crippen LogP contribution in [0.5, 0.6) is 0 Å². The zero-order chi connectivity index (χ0) is 13.5. The lowest BCUT2D eigenvalue weighted by Gasteiger charge is -2.11. The minimum Gasteiger partial charge on any atom is -0.370 e. The molecule has 1 fully saturated rings. The van der Waals surface area contributed by atoms with Crippen LogP contribution in [0.15, 0.2) is 6.07 Å². The molecule has 4 heteroatoms. The molecule has 0 unspecified atom stereocenters. The van der Waals surface area contributed by atoms with E-state index in [0.29, 0.717) is 0 Å². The minimum absolute atomic E-state index is 0.834. The first-order valence-electron chi connectivity index (χ1n) is 7.54. The number of aryl methyl sites for hydroxylation is 1. The normalized spacial score (nSPS) is 15.9. The molecule has 0 amide bonds. The molecule has 19 heavy (non-hydrogen) atoms. The lowest BCUT2D eigenvalue weighted by atomic mass is 10.3. The summed E-state index contributed by atoms with van der Waals surface area (Å²) in [4.78, 5) is 9.29. The van der Waals surface area contributed by atoms with Crippen LogP contribution >= 0.6 is 11.8 Å². The van der Waals surface area contributed by atoms with Gasteiger partial charge in [0.1, 0.15) is 11.6 Å². The highest BCUT2D eigenvalue weighted by molar-refractivity contribution is 7.99. The van der Waals surface area contributed by atoms with Gasteiger partial charge in [-0.2, -0.15) is 11.8 Å². The Morgan fingerprint density at radius 1 is 1.26 bits per heavy atom. The molecular formula is C15H25N3S. The van der Waals surface area contributed by atoms with Crippen molar-refractivity contribution in [2.45, 2.75) is 63.4 Å². The number of thioether (sulfide) groups is 1. The minimum atomic E-state index is 0.834. The fourth-order valence-corrected chi connectivity index (χ4v) is 3.57. The van der Waals surface area contributed by atoms with Gasteiger partial charge >= 0.3 is 0 Å². The molecule has 0 bridgehead atoms. The zero-order valence-corrected chi connectivity index (χ0v) is 12.9. The van der Waals surface area contributed by atoms with Crippen LogP contribution in [0.4, 0.5) is 5.82 Å². The molecule has 0 saturated heterocycles. The van der Waals surface area contributed by atoms with Gasteiger partial charge < -0.3 is 5.32 Å². The van der Waals surface area contributed by atoms with Crippen LogP contribution in [0.3, 0.4) is 0 Å². The van der Waals surface area contributed by atoms with Crippen molar-refractivity contribution in [3.63, 3.8) is 0 Å². The van der Waals surface area contributed by atoms with E-state index in [1.165, 1.54) is 25.7 Å². The smallest absolute Gasteiger partial charge is 0.140 e. The summed E-state index contributed by atoms with van der Waals surface area (Å²) in [6.45, 7) is 5.31. The second-order valence-corrected chi connectivity index (χ2v) is 6.45. The number of hydrogen-bond donors (Lipinski definition) is 1. The van der Waals surface area contributed by atoms with E-state index in [1.54, 1.807) is 0 Å². The summed E-state index contributed by atoms with van der Waals surface area (Å²) in [5.74, 6) is 2.95. The number of nitrogens with one attached hydrogen (secondary N) is 1. The van der Waals surface area contributed by atoms with Crippen LogP contribution in [0.1, 0.15) is 57.5 Å². The molecule has 106 valence electrons. The van der Waals surface area contributed by atoms with E-state index in [4.69, 9.17) is 0 Å². The topological polar surface area (TPSA) is 37.8 Å². The standard InChI is InChI=1S/C15H25N3S/c1-3-9-16-14-10-12(4-2)17-15(18-14)11-19-13-7-5-6-8-13/h10,13H,3-9,11H2,1-2H3,(H,16,17,18). The first-order valence-corrected chi connectivity index (χ1v) is 8.59. The van der Waals surface area contributed by atoms with E-state index in [-0.39, 0.29) is 0 Å². The van der Waals surface area contributed by atoms with Gasteiger partial charge in [0.05, 0.1) is 5.75 Å². The van der Waals surface area contributed by atoms with Crippen LogP contribution in [-0.2, 0) is 12.2 Å². The molecule has 1 aliphatic rings. The first-order chi connectivity index (χ1) is 9.31. The average molecular weight is 279 g/mol. The largest absolute Gasteiger partial charge is 0.370 e. The maximum atomic E-state index is 4.65. The highest BCUT2D eigenvalue weighted by Crippen LogP contribution is 2.31. The number of hydrogen-bond acceptors (Lipinski definition) is 4. The van der Waals surface area contributed by atoms with Crippen molar-refractivity contribution in [2.75, 3.05) is 11.9 Å². The second-order valence-electron chi connectivity index (χ2n) is 5.16. The average Bonchev–Trinajstić information content (AvgIpc) is 2.96. The molecule has 0 spiro atoms. The molecule has 1 aromatic rings. The van der Waals surface area contributed by atoms with Gasteiger partial charge in [0.25, 0.3) is 0 Å². The lowest BCUT2D eigenvalue weighted by molar-refractivity contribution is 0.886. The van der Waals surface area contributed by atoms with Crippen LogP contribution in [0.2, 0.25) is 0 Å². The molecule has 1 saturated carbocycles. The SMILES string of the molecule is CCCNc1cc(CC)nc(CSC2CCCC2)n1. The molecule has 1 N–H and O–H groups in total. The summed E-state index contributed by atoms with van der Waals surface area (Å²) in [7, 11) is 0. The van der Waals surface area contributed by atoms with Crippen molar-refractivity contribution in [2.24, 2.45) is 0 Å². The Labute approximate surface area is 121 Å². The lowest BCUT2D eigenvalue weighted by Crippen LogP contribution is -2.07. The van der Waals surface area contributed by atoms with Gasteiger partial charge in [-0.1, -0.05) is 26.7 Å². The van der Waals surface area contributed by atoms with E-state index in [0.717, 1.165) is 47.7 Å². The van der Waals surface area contributed by atoms with Crippen molar-refractivity contribution in [3.8, 4) is 0 Å². The van der Waals surface area contributed by atoms with Crippen molar-refractivity contribution < 1.29 is 0 Å². The van der Waals surface area contributed by atoms with Crippen molar-refractivity contribution in [1.82, 2.24) is 9.97 Å². The molecular weight excluding hydrogens is 254 g/mol. The van der Waals surface area contributed by atoms with Gasteiger partial charge in [-0.25, -0.2) is 9.97 Å². The van der Waals surface area contributed by atoms with Crippen molar-refractivity contribution in [3.05, 3.63) is 17.6 Å². The molecule has 0 atom stereocenters. The molecule has 3 nitrogen and oxygen atoms in total. The summed E-state index contributed by atoms with van der Waals surface area (Å²) in [6.07, 6.45) is 7.65. The van der Waals surface area contributed by atoms with Crippen LogP contribution in [0.25, 0.3) is 0 Å². The van der Waals surface area contributed by atoms with E-state index >= 15 is 0 Å². The van der Waals surface area contributed by atoms with Gasteiger partial charge in [0.15, 0.2) is 0 Å². The van der Waals surface area contributed by atoms with Gasteiger partial charge in [-0.15, -0.1) is 0 Å². The van der Waals surface area contributed by atoms with E-state index in [9.17, 15) is 0 Å². The van der Waals surface area contributed by atoms with E-state index in [1.807, 2.05) is 11.8 Å². The predicted molar refractivity (Wildman–Crippen MR) is 83.7 cm³/mol. The van der Waals surface area contributed by atoms with Gasteiger partial charge in [-0.3, -0.25) is 0 Å². The fraction of sp³-hybridized carbons (Fsp3) is 0.733. The molecule has 0 aromatic carbocycles. The molecule has 1 aromatic heterocycles. The highest BCUT2D eigenvalue weighted by atomic mass is 32.2. The third-order valence-electron chi connectivity index (χ3n) is 3.49. The second kappa shape index (κ2) is 7.73. The fourth-order valence-electron chi connectivity index (χ4n) is 2.39. The first kappa shape index (κ1) is 14.6. The molecule has 0 aliphatic heterocycles. The Bertz CT molecular complexity index is 389. The van der Waals surface area contributed by atoms with Crippen molar-refractivity contribution >= 4 is 17.6 Å². The monoisotopic (exact) mass is 279 g/mol. The van der Waals surface area contributed by atoms with Crippen LogP contribution in [-0.4, -0.2) is 21.8 Å². The Hall–Kier alpha value is -0.770. The Morgan fingerprint density at radius 2 is 2.05 bits per heavy atom. The summed E-state index contributed by atoms with van der Waals surface area (Å²) in [5.41, 5.74) is 1.15. The summed E-state index contributed by atoms with van der Waals surface area (Å²) in [5, 5.41) is 4.21.